The number of imide groups is 1. The van der Waals surface area contributed by atoms with Gasteiger partial charge in [-0.15, -0.1) is 11.3 Å². The van der Waals surface area contributed by atoms with Crippen molar-refractivity contribution in [2.75, 3.05) is 7.05 Å². The van der Waals surface area contributed by atoms with Crippen molar-refractivity contribution in [1.82, 2.24) is 19.8 Å². The van der Waals surface area contributed by atoms with Gasteiger partial charge in [-0.25, -0.2) is 9.37 Å². The van der Waals surface area contributed by atoms with Crippen LogP contribution in [0.1, 0.15) is 29.0 Å². The molecule has 4 rings (SSSR count). The smallest absolute Gasteiger partial charge is 0.241 e. The van der Waals surface area contributed by atoms with Gasteiger partial charge in [0.15, 0.2) is 0 Å². The van der Waals surface area contributed by atoms with Crippen LogP contribution in [-0.4, -0.2) is 44.5 Å². The number of pyridine rings is 1. The number of halogens is 1. The molecule has 7 nitrogen and oxygen atoms in total. The quantitative estimate of drug-likeness (QED) is 0.515. The first-order valence-electron chi connectivity index (χ1n) is 10.0. The first-order chi connectivity index (χ1) is 15.4. The van der Waals surface area contributed by atoms with Gasteiger partial charge in [0, 0.05) is 43.9 Å². The van der Waals surface area contributed by atoms with Gasteiger partial charge in [0.05, 0.1) is 18.5 Å². The first-order valence-corrected chi connectivity index (χ1v) is 10.9. The number of likely N-dealkylation sites (tertiary alicyclic amines) is 1. The number of rotatable bonds is 7. The third-order valence-electron chi connectivity index (χ3n) is 5.58. The summed E-state index contributed by atoms with van der Waals surface area (Å²) in [6.45, 7) is 0.336. The van der Waals surface area contributed by atoms with Crippen molar-refractivity contribution in [3.63, 3.8) is 0 Å². The third-order valence-corrected chi connectivity index (χ3v) is 6.35. The highest BCUT2D eigenvalue weighted by Crippen LogP contribution is 2.41. The fourth-order valence-electron chi connectivity index (χ4n) is 3.90. The average molecular weight is 453 g/mol. The van der Waals surface area contributed by atoms with E-state index >= 15 is 0 Å². The van der Waals surface area contributed by atoms with Crippen molar-refractivity contribution in [2.45, 2.75) is 31.3 Å². The number of nitrogens with zero attached hydrogens (tertiary/aromatic N) is 4. The molecule has 1 atom stereocenters. The SMILES string of the molecule is CN(Cc1nccs1)C(=O)C[C@@]1(c2cccc(F)c2)CC(=O)N(Cc2cccnc2)C1=O. The maximum atomic E-state index is 14.1. The number of thiazole rings is 1. The first kappa shape index (κ1) is 21.8. The molecule has 0 bridgehead atoms. The number of aromatic nitrogens is 2. The zero-order valence-corrected chi connectivity index (χ0v) is 18.2. The Bertz CT molecular complexity index is 1140. The summed E-state index contributed by atoms with van der Waals surface area (Å²) in [6.07, 6.45) is 4.39. The molecule has 2 aromatic heterocycles. The van der Waals surface area contributed by atoms with E-state index in [-0.39, 0.29) is 31.8 Å². The molecule has 3 aromatic rings. The van der Waals surface area contributed by atoms with E-state index in [0.717, 1.165) is 9.91 Å². The monoisotopic (exact) mass is 452 g/mol. The molecule has 0 unspecified atom stereocenters. The maximum absolute atomic E-state index is 14.1. The number of carbonyl (C=O) groups is 3. The number of amides is 3. The normalized spacial score (nSPS) is 18.2. The van der Waals surface area contributed by atoms with Gasteiger partial charge in [-0.3, -0.25) is 24.3 Å². The van der Waals surface area contributed by atoms with Crippen molar-refractivity contribution < 1.29 is 18.8 Å². The average Bonchev–Trinajstić information content (AvgIpc) is 3.37. The molecule has 164 valence electrons. The Morgan fingerprint density at radius 3 is 2.78 bits per heavy atom. The van der Waals surface area contributed by atoms with Crippen molar-refractivity contribution >= 4 is 29.1 Å². The minimum atomic E-state index is -1.46. The summed E-state index contributed by atoms with van der Waals surface area (Å²) in [5.41, 5.74) is -0.452. The van der Waals surface area contributed by atoms with Crippen molar-refractivity contribution in [3.05, 3.63) is 82.3 Å². The van der Waals surface area contributed by atoms with E-state index in [0.29, 0.717) is 11.1 Å². The minimum absolute atomic E-state index is 0.0473. The number of hydrogen-bond donors (Lipinski definition) is 0. The lowest BCUT2D eigenvalue weighted by Crippen LogP contribution is -2.42. The Kier molecular flexibility index (Phi) is 6.09. The molecule has 0 saturated carbocycles. The van der Waals surface area contributed by atoms with Crippen LogP contribution in [0.15, 0.2) is 60.4 Å². The van der Waals surface area contributed by atoms with Gasteiger partial charge in [-0.1, -0.05) is 18.2 Å². The zero-order chi connectivity index (χ0) is 22.7. The van der Waals surface area contributed by atoms with Crippen LogP contribution < -0.4 is 0 Å². The highest BCUT2D eigenvalue weighted by molar-refractivity contribution is 7.09. The lowest BCUT2D eigenvalue weighted by atomic mass is 9.75. The van der Waals surface area contributed by atoms with E-state index in [1.165, 1.54) is 34.4 Å². The summed E-state index contributed by atoms with van der Waals surface area (Å²) in [4.78, 5) is 50.5. The Balaban J connectivity index is 1.65. The van der Waals surface area contributed by atoms with E-state index in [2.05, 4.69) is 9.97 Å². The topological polar surface area (TPSA) is 83.5 Å². The molecule has 1 aromatic carbocycles. The molecule has 0 N–H and O–H groups in total. The van der Waals surface area contributed by atoms with Gasteiger partial charge in [-0.05, 0) is 29.3 Å². The Morgan fingerprint density at radius 2 is 2.09 bits per heavy atom. The fourth-order valence-corrected chi connectivity index (χ4v) is 4.57. The molecule has 32 heavy (non-hydrogen) atoms. The van der Waals surface area contributed by atoms with Crippen molar-refractivity contribution in [1.29, 1.82) is 0 Å². The molecule has 3 heterocycles. The Labute approximate surface area is 188 Å². The van der Waals surface area contributed by atoms with Crippen LogP contribution in [0, 0.1) is 5.82 Å². The van der Waals surface area contributed by atoms with Crippen LogP contribution in [0.25, 0.3) is 0 Å². The second-order valence-electron chi connectivity index (χ2n) is 7.77. The Hall–Kier alpha value is -3.46. The van der Waals surface area contributed by atoms with Gasteiger partial charge in [-0.2, -0.15) is 0 Å². The summed E-state index contributed by atoms with van der Waals surface area (Å²) >= 11 is 1.42. The lowest BCUT2D eigenvalue weighted by molar-refractivity contribution is -0.143. The molecule has 0 spiro atoms. The minimum Gasteiger partial charge on any atom is -0.339 e. The van der Waals surface area contributed by atoms with Crippen molar-refractivity contribution in [2.24, 2.45) is 0 Å². The highest BCUT2D eigenvalue weighted by atomic mass is 32.1. The van der Waals surface area contributed by atoms with E-state index in [1.807, 2.05) is 5.38 Å². The summed E-state index contributed by atoms with van der Waals surface area (Å²) in [5.74, 6) is -1.77. The molecule has 1 aliphatic heterocycles. The molecule has 0 radical (unpaired) electrons. The van der Waals surface area contributed by atoms with Gasteiger partial charge in [0.2, 0.25) is 17.7 Å². The van der Waals surface area contributed by atoms with E-state index in [9.17, 15) is 18.8 Å². The molecule has 1 saturated heterocycles. The summed E-state index contributed by atoms with van der Waals surface area (Å²) in [5, 5.41) is 2.57. The van der Waals surface area contributed by atoms with E-state index < -0.39 is 23.0 Å². The zero-order valence-electron chi connectivity index (χ0n) is 17.4. The van der Waals surface area contributed by atoms with E-state index in [4.69, 9.17) is 0 Å². The number of hydrogen-bond acceptors (Lipinski definition) is 6. The number of carbonyl (C=O) groups excluding carboxylic acids is 3. The molecule has 1 aliphatic rings. The van der Waals surface area contributed by atoms with Crippen LogP contribution >= 0.6 is 11.3 Å². The highest BCUT2D eigenvalue weighted by Gasteiger charge is 2.54. The van der Waals surface area contributed by atoms with Gasteiger partial charge < -0.3 is 4.90 Å². The number of benzene rings is 1. The third kappa shape index (κ3) is 4.29. The van der Waals surface area contributed by atoms with E-state index in [1.54, 1.807) is 43.8 Å². The molecule has 3 amide bonds. The predicted molar refractivity (Wildman–Crippen MR) is 116 cm³/mol. The fraction of sp³-hybridized carbons (Fsp3) is 0.261. The van der Waals surface area contributed by atoms with Gasteiger partial charge >= 0.3 is 0 Å². The van der Waals surface area contributed by atoms with Crippen LogP contribution in [0.3, 0.4) is 0 Å². The molecule has 0 aliphatic carbocycles. The largest absolute Gasteiger partial charge is 0.339 e. The summed E-state index contributed by atoms with van der Waals surface area (Å²) < 4.78 is 14.1. The van der Waals surface area contributed by atoms with Crippen molar-refractivity contribution in [3.8, 4) is 0 Å². The molecular weight excluding hydrogens is 431 g/mol. The Morgan fingerprint density at radius 1 is 1.25 bits per heavy atom. The molecule has 9 heteroatoms. The second-order valence-corrected chi connectivity index (χ2v) is 8.75. The van der Waals surface area contributed by atoms with Crippen LogP contribution in [-0.2, 0) is 32.9 Å². The standard InChI is InChI=1S/C23H21FN4O3S/c1-27(15-19-26-8-9-32-19)20(29)11-23(17-5-2-6-18(24)10-17)12-21(30)28(22(23)31)14-16-4-3-7-25-13-16/h2-10,13H,11-12,14-15H2,1H3/t23-/m0/s1. The van der Waals surface area contributed by atoms with Crippen LogP contribution in [0.4, 0.5) is 4.39 Å². The van der Waals surface area contributed by atoms with Crippen LogP contribution in [0.2, 0.25) is 0 Å². The summed E-state index contributed by atoms with van der Waals surface area (Å²) in [7, 11) is 1.62. The van der Waals surface area contributed by atoms with Gasteiger partial charge in [0.25, 0.3) is 0 Å². The van der Waals surface area contributed by atoms with Crippen LogP contribution in [0.5, 0.6) is 0 Å². The van der Waals surface area contributed by atoms with Gasteiger partial charge in [0.1, 0.15) is 10.8 Å². The second kappa shape index (κ2) is 8.96. The summed E-state index contributed by atoms with van der Waals surface area (Å²) in [6, 6.07) is 9.06. The lowest BCUT2D eigenvalue weighted by Gasteiger charge is -2.29. The maximum Gasteiger partial charge on any atom is 0.241 e. The molecular formula is C23H21FN4O3S. The predicted octanol–water partition coefficient (Wildman–Crippen LogP) is 2.92. The molecule has 1 fully saturated rings.